The van der Waals surface area contributed by atoms with Crippen LogP contribution >= 0.6 is 0 Å². The summed E-state index contributed by atoms with van der Waals surface area (Å²) in [5.41, 5.74) is -0.0113. The number of ether oxygens (including phenoxy) is 1. The summed E-state index contributed by atoms with van der Waals surface area (Å²) in [5.74, 6) is -1.78. The van der Waals surface area contributed by atoms with Crippen molar-refractivity contribution in [2.24, 2.45) is 0 Å². The number of nitrogens with zero attached hydrogens (tertiary/aromatic N) is 2. The maximum Gasteiger partial charge on any atom is 0.341 e. The summed E-state index contributed by atoms with van der Waals surface area (Å²) in [6.07, 6.45) is 2.98. The summed E-state index contributed by atoms with van der Waals surface area (Å²) in [6.45, 7) is 1.52. The third-order valence-electron chi connectivity index (χ3n) is 2.56. The van der Waals surface area contributed by atoms with E-state index < -0.39 is 5.97 Å². The molecular weight excluding hydrogens is 264 g/mol. The van der Waals surface area contributed by atoms with Gasteiger partial charge in [0.25, 0.3) is 0 Å². The first-order valence-electron chi connectivity index (χ1n) is 5.54. The van der Waals surface area contributed by atoms with Crippen LogP contribution in [-0.4, -0.2) is 32.4 Å². The number of aryl methyl sites for hydroxylation is 1. The van der Waals surface area contributed by atoms with Crippen molar-refractivity contribution in [3.05, 3.63) is 41.3 Å². The molecule has 2 heterocycles. The average Bonchev–Trinajstić information content (AvgIpc) is 2.43. The fourth-order valence-electron chi connectivity index (χ4n) is 1.53. The number of pyridine rings is 2. The molecule has 0 bridgehead atoms. The van der Waals surface area contributed by atoms with Gasteiger partial charge < -0.3 is 14.9 Å². The van der Waals surface area contributed by atoms with Crippen molar-refractivity contribution in [1.29, 1.82) is 0 Å². The van der Waals surface area contributed by atoms with Gasteiger partial charge in [-0.1, -0.05) is 0 Å². The number of hydrogen-bond donors (Lipinski definition) is 2. The minimum absolute atomic E-state index is 0.0655. The lowest BCUT2D eigenvalue weighted by molar-refractivity contribution is 0.0693. The van der Waals surface area contributed by atoms with Gasteiger partial charge in [0.2, 0.25) is 5.88 Å². The molecule has 0 aromatic carbocycles. The summed E-state index contributed by atoms with van der Waals surface area (Å²) in [4.78, 5) is 29.7. The van der Waals surface area contributed by atoms with Crippen molar-refractivity contribution in [2.75, 3.05) is 0 Å². The van der Waals surface area contributed by atoms with E-state index in [1.54, 1.807) is 0 Å². The number of hydrogen-bond acceptors (Lipinski definition) is 6. The highest BCUT2D eigenvalue weighted by atomic mass is 16.5. The summed E-state index contributed by atoms with van der Waals surface area (Å²) in [5, 5.41) is 18.7. The Kier molecular flexibility index (Phi) is 3.60. The summed E-state index contributed by atoms with van der Waals surface area (Å²) in [7, 11) is 0. The zero-order valence-electron chi connectivity index (χ0n) is 10.4. The summed E-state index contributed by atoms with van der Waals surface area (Å²) < 4.78 is 5.28. The molecule has 2 rings (SSSR count). The predicted molar refractivity (Wildman–Crippen MR) is 67.3 cm³/mol. The Hall–Kier alpha value is -2.96. The van der Waals surface area contributed by atoms with E-state index in [4.69, 9.17) is 9.84 Å². The molecule has 0 atom stereocenters. The average molecular weight is 274 g/mol. The van der Waals surface area contributed by atoms with E-state index >= 15 is 0 Å². The van der Waals surface area contributed by atoms with Crippen LogP contribution in [0, 0.1) is 6.92 Å². The molecule has 0 aliphatic heterocycles. The van der Waals surface area contributed by atoms with Crippen LogP contribution in [0.3, 0.4) is 0 Å². The topological polar surface area (TPSA) is 110 Å². The number of aromatic carboxylic acids is 1. The Bertz CT molecular complexity index is 684. The van der Waals surface area contributed by atoms with Crippen molar-refractivity contribution in [3.8, 4) is 17.4 Å². The fourth-order valence-corrected chi connectivity index (χ4v) is 1.53. The van der Waals surface area contributed by atoms with Crippen LogP contribution in [0.2, 0.25) is 0 Å². The van der Waals surface area contributed by atoms with E-state index in [2.05, 4.69) is 9.97 Å². The van der Waals surface area contributed by atoms with Crippen LogP contribution in [-0.2, 0) is 0 Å². The van der Waals surface area contributed by atoms with Gasteiger partial charge in [0.05, 0.1) is 11.9 Å². The normalized spacial score (nSPS) is 10.1. The highest BCUT2D eigenvalue weighted by molar-refractivity contribution is 5.90. The van der Waals surface area contributed by atoms with Crippen LogP contribution in [0.1, 0.15) is 26.4 Å². The number of carboxylic acid groups (broad SMARTS) is 1. The first kappa shape index (κ1) is 13.5. The number of aldehydes is 1. The van der Waals surface area contributed by atoms with Crippen molar-refractivity contribution in [3.63, 3.8) is 0 Å². The number of carbonyl (C=O) groups is 2. The molecule has 2 aromatic rings. The molecule has 2 aromatic heterocycles. The first-order chi connectivity index (χ1) is 9.54. The van der Waals surface area contributed by atoms with E-state index in [1.807, 2.05) is 0 Å². The zero-order chi connectivity index (χ0) is 14.7. The zero-order valence-corrected chi connectivity index (χ0v) is 10.4. The number of carboxylic acids is 1. The van der Waals surface area contributed by atoms with Crippen LogP contribution < -0.4 is 4.74 Å². The standard InChI is InChI=1S/C13H10N2O5/c1-7-11(17)9(6-16)10(5-15-7)20-12-8(13(18)19)3-2-4-14-12/h2-6,17H,1H3,(H,18,19). The minimum atomic E-state index is -1.22. The monoisotopic (exact) mass is 274 g/mol. The lowest BCUT2D eigenvalue weighted by atomic mass is 10.2. The van der Waals surface area contributed by atoms with Crippen LogP contribution in [0.5, 0.6) is 17.4 Å². The number of aromatic nitrogens is 2. The molecule has 0 amide bonds. The Morgan fingerprint density at radius 3 is 2.80 bits per heavy atom. The smallest absolute Gasteiger partial charge is 0.341 e. The van der Waals surface area contributed by atoms with Gasteiger partial charge >= 0.3 is 5.97 Å². The second-order valence-electron chi connectivity index (χ2n) is 3.85. The lowest BCUT2D eigenvalue weighted by Gasteiger charge is -2.10. The largest absolute Gasteiger partial charge is 0.505 e. The second-order valence-corrected chi connectivity index (χ2v) is 3.85. The molecule has 20 heavy (non-hydrogen) atoms. The maximum absolute atomic E-state index is 11.0. The van der Waals surface area contributed by atoms with Gasteiger partial charge in [-0.2, -0.15) is 0 Å². The third kappa shape index (κ3) is 2.41. The van der Waals surface area contributed by atoms with Gasteiger partial charge in [0, 0.05) is 6.20 Å². The summed E-state index contributed by atoms with van der Waals surface area (Å²) >= 11 is 0. The quantitative estimate of drug-likeness (QED) is 0.818. The molecule has 0 saturated carbocycles. The predicted octanol–water partition coefficient (Wildman–Crippen LogP) is 1.79. The maximum atomic E-state index is 11.0. The van der Waals surface area contributed by atoms with Crippen molar-refractivity contribution in [2.45, 2.75) is 6.92 Å². The van der Waals surface area contributed by atoms with E-state index in [9.17, 15) is 14.7 Å². The lowest BCUT2D eigenvalue weighted by Crippen LogP contribution is -2.03. The van der Waals surface area contributed by atoms with E-state index in [1.165, 1.54) is 31.5 Å². The van der Waals surface area contributed by atoms with Crippen molar-refractivity contribution >= 4 is 12.3 Å². The van der Waals surface area contributed by atoms with Crippen LogP contribution in [0.15, 0.2) is 24.5 Å². The first-order valence-corrected chi connectivity index (χ1v) is 5.54. The molecule has 7 heteroatoms. The Labute approximate surface area is 113 Å². The van der Waals surface area contributed by atoms with Crippen molar-refractivity contribution in [1.82, 2.24) is 9.97 Å². The third-order valence-corrected chi connectivity index (χ3v) is 2.56. The molecule has 0 spiro atoms. The van der Waals surface area contributed by atoms with Gasteiger partial charge in [-0.05, 0) is 19.1 Å². The molecule has 0 radical (unpaired) electrons. The van der Waals surface area contributed by atoms with E-state index in [0.717, 1.165) is 0 Å². The Balaban J connectivity index is 2.48. The highest BCUT2D eigenvalue weighted by Gasteiger charge is 2.17. The minimum Gasteiger partial charge on any atom is -0.505 e. The number of aromatic hydroxyl groups is 1. The van der Waals surface area contributed by atoms with E-state index in [-0.39, 0.29) is 34.2 Å². The molecule has 102 valence electrons. The van der Waals surface area contributed by atoms with Gasteiger partial charge in [-0.3, -0.25) is 9.78 Å². The van der Waals surface area contributed by atoms with Crippen LogP contribution in [0.25, 0.3) is 0 Å². The summed E-state index contributed by atoms with van der Waals surface area (Å²) in [6, 6.07) is 2.76. The Morgan fingerprint density at radius 1 is 1.40 bits per heavy atom. The van der Waals surface area contributed by atoms with Crippen LogP contribution in [0.4, 0.5) is 0 Å². The van der Waals surface area contributed by atoms with Gasteiger partial charge in [-0.15, -0.1) is 0 Å². The van der Waals surface area contributed by atoms with Gasteiger partial charge in [0.15, 0.2) is 17.8 Å². The molecule has 0 unspecified atom stereocenters. The molecule has 2 N–H and O–H groups in total. The highest BCUT2D eigenvalue weighted by Crippen LogP contribution is 2.31. The Morgan fingerprint density at radius 2 is 2.15 bits per heavy atom. The molecule has 0 saturated heterocycles. The molecule has 7 nitrogen and oxygen atoms in total. The van der Waals surface area contributed by atoms with Gasteiger partial charge in [-0.25, -0.2) is 9.78 Å². The molecule has 0 aliphatic rings. The van der Waals surface area contributed by atoms with E-state index in [0.29, 0.717) is 6.29 Å². The fraction of sp³-hybridized carbons (Fsp3) is 0.0769. The molecular formula is C13H10N2O5. The second kappa shape index (κ2) is 5.35. The number of carbonyl (C=O) groups excluding carboxylic acids is 1. The molecule has 0 fully saturated rings. The van der Waals surface area contributed by atoms with Crippen molar-refractivity contribution < 1.29 is 24.5 Å². The molecule has 0 aliphatic carbocycles. The number of rotatable bonds is 4. The van der Waals surface area contributed by atoms with Gasteiger partial charge in [0.1, 0.15) is 11.1 Å². The SMILES string of the molecule is Cc1ncc(Oc2ncccc2C(=O)O)c(C=O)c1O.